The third kappa shape index (κ3) is 5.37. The lowest BCUT2D eigenvalue weighted by molar-refractivity contribution is 0.220. The number of rotatable bonds is 8. The molecule has 114 valence electrons. The SMILES string of the molecule is CCCc1cccc(CC(SCC(C)O)C(C)C)c1O. The molecule has 20 heavy (non-hydrogen) atoms. The largest absolute Gasteiger partial charge is 0.507 e. The lowest BCUT2D eigenvalue weighted by Gasteiger charge is -2.22. The van der Waals surface area contributed by atoms with Gasteiger partial charge in [-0.2, -0.15) is 11.8 Å². The number of aromatic hydroxyl groups is 1. The van der Waals surface area contributed by atoms with Crippen molar-refractivity contribution in [2.24, 2.45) is 5.92 Å². The lowest BCUT2D eigenvalue weighted by atomic mass is 9.98. The summed E-state index contributed by atoms with van der Waals surface area (Å²) in [5.41, 5.74) is 2.08. The summed E-state index contributed by atoms with van der Waals surface area (Å²) < 4.78 is 0. The minimum Gasteiger partial charge on any atom is -0.507 e. The molecule has 0 amide bonds. The Labute approximate surface area is 127 Å². The van der Waals surface area contributed by atoms with E-state index in [0.717, 1.165) is 36.1 Å². The van der Waals surface area contributed by atoms with E-state index in [9.17, 15) is 10.2 Å². The van der Waals surface area contributed by atoms with Crippen molar-refractivity contribution in [2.75, 3.05) is 5.75 Å². The molecule has 2 N–H and O–H groups in total. The number of aliphatic hydroxyl groups is 1. The summed E-state index contributed by atoms with van der Waals surface area (Å²) in [7, 11) is 0. The minimum atomic E-state index is -0.277. The fourth-order valence-electron chi connectivity index (χ4n) is 2.25. The number of phenolic OH excluding ortho intramolecular Hbond substituents is 1. The summed E-state index contributed by atoms with van der Waals surface area (Å²) in [4.78, 5) is 0. The molecule has 1 aromatic rings. The Bertz CT molecular complexity index is 402. The molecular weight excluding hydrogens is 268 g/mol. The van der Waals surface area contributed by atoms with Crippen molar-refractivity contribution in [1.29, 1.82) is 0 Å². The molecule has 1 rings (SSSR count). The molecule has 0 radical (unpaired) electrons. The molecule has 2 nitrogen and oxygen atoms in total. The molecule has 0 saturated heterocycles. The highest BCUT2D eigenvalue weighted by Crippen LogP contribution is 2.30. The van der Waals surface area contributed by atoms with Crippen LogP contribution in [0.2, 0.25) is 0 Å². The van der Waals surface area contributed by atoms with Gasteiger partial charge in [0.1, 0.15) is 5.75 Å². The molecule has 0 aliphatic rings. The van der Waals surface area contributed by atoms with Gasteiger partial charge in [0.2, 0.25) is 0 Å². The van der Waals surface area contributed by atoms with Crippen LogP contribution in [-0.4, -0.2) is 27.3 Å². The molecule has 3 heteroatoms. The summed E-state index contributed by atoms with van der Waals surface area (Å²) >= 11 is 1.80. The Kier molecular flexibility index (Phi) is 7.46. The Balaban J connectivity index is 2.80. The molecule has 0 bridgehead atoms. The van der Waals surface area contributed by atoms with Crippen molar-refractivity contribution < 1.29 is 10.2 Å². The van der Waals surface area contributed by atoms with Gasteiger partial charge in [0, 0.05) is 11.0 Å². The molecule has 0 saturated carbocycles. The molecule has 1 aromatic carbocycles. The molecular formula is C17H28O2S. The smallest absolute Gasteiger partial charge is 0.121 e. The summed E-state index contributed by atoms with van der Waals surface area (Å²) in [6.45, 7) is 8.35. The van der Waals surface area contributed by atoms with E-state index in [0.29, 0.717) is 16.9 Å². The van der Waals surface area contributed by atoms with Crippen LogP contribution >= 0.6 is 11.8 Å². The highest BCUT2D eigenvalue weighted by Gasteiger charge is 2.18. The fourth-order valence-corrected chi connectivity index (χ4v) is 3.46. The Hall–Kier alpha value is -0.670. The predicted octanol–water partition coefficient (Wildman–Crippen LogP) is 4.03. The van der Waals surface area contributed by atoms with Gasteiger partial charge in [-0.1, -0.05) is 45.4 Å². The van der Waals surface area contributed by atoms with E-state index in [-0.39, 0.29) is 6.10 Å². The lowest BCUT2D eigenvalue weighted by Crippen LogP contribution is -2.18. The van der Waals surface area contributed by atoms with Crippen LogP contribution in [0, 0.1) is 5.92 Å². The standard InChI is InChI=1S/C17H28O2S/c1-5-7-14-8-6-9-15(17(14)19)10-16(12(2)3)20-11-13(4)18/h6,8-9,12-13,16,18-19H,5,7,10-11H2,1-4H3. The molecule has 0 heterocycles. The zero-order chi connectivity index (χ0) is 15.1. The third-order valence-electron chi connectivity index (χ3n) is 3.44. The second kappa shape index (κ2) is 8.58. The van der Waals surface area contributed by atoms with Gasteiger partial charge < -0.3 is 10.2 Å². The van der Waals surface area contributed by atoms with Crippen molar-refractivity contribution in [1.82, 2.24) is 0 Å². The van der Waals surface area contributed by atoms with E-state index in [4.69, 9.17) is 0 Å². The van der Waals surface area contributed by atoms with Gasteiger partial charge in [-0.25, -0.2) is 0 Å². The Morgan fingerprint density at radius 2 is 1.80 bits per heavy atom. The van der Waals surface area contributed by atoms with Crippen LogP contribution in [0.3, 0.4) is 0 Å². The highest BCUT2D eigenvalue weighted by molar-refractivity contribution is 7.99. The van der Waals surface area contributed by atoms with Crippen LogP contribution in [0.1, 0.15) is 45.2 Å². The maximum absolute atomic E-state index is 10.4. The number of para-hydroxylation sites is 1. The van der Waals surface area contributed by atoms with Crippen LogP contribution in [0.25, 0.3) is 0 Å². The summed E-state index contributed by atoms with van der Waals surface area (Å²) in [5.74, 6) is 1.74. The van der Waals surface area contributed by atoms with Crippen molar-refractivity contribution in [3.63, 3.8) is 0 Å². The number of thioether (sulfide) groups is 1. The number of hydrogen-bond donors (Lipinski definition) is 2. The minimum absolute atomic E-state index is 0.277. The maximum Gasteiger partial charge on any atom is 0.121 e. The zero-order valence-electron chi connectivity index (χ0n) is 13.1. The molecule has 0 aromatic heterocycles. The number of aryl methyl sites for hydroxylation is 1. The molecule has 2 atom stereocenters. The van der Waals surface area contributed by atoms with Crippen LogP contribution in [0.15, 0.2) is 18.2 Å². The van der Waals surface area contributed by atoms with Crippen molar-refractivity contribution >= 4 is 11.8 Å². The first-order valence-electron chi connectivity index (χ1n) is 7.55. The summed E-state index contributed by atoms with van der Waals surface area (Å²) in [6, 6.07) is 6.07. The van der Waals surface area contributed by atoms with Gasteiger partial charge in [0.05, 0.1) is 6.10 Å². The zero-order valence-corrected chi connectivity index (χ0v) is 13.9. The molecule has 0 aliphatic carbocycles. The van der Waals surface area contributed by atoms with Gasteiger partial charge in [0.15, 0.2) is 0 Å². The molecule has 0 aliphatic heterocycles. The van der Waals surface area contributed by atoms with Crippen LogP contribution in [0.5, 0.6) is 5.75 Å². The van der Waals surface area contributed by atoms with E-state index >= 15 is 0 Å². The van der Waals surface area contributed by atoms with E-state index in [1.165, 1.54) is 0 Å². The summed E-state index contributed by atoms with van der Waals surface area (Å²) in [6.07, 6.45) is 2.55. The monoisotopic (exact) mass is 296 g/mol. The van der Waals surface area contributed by atoms with Crippen molar-refractivity contribution in [2.45, 2.75) is 58.3 Å². The van der Waals surface area contributed by atoms with E-state index in [1.54, 1.807) is 11.8 Å². The first kappa shape index (κ1) is 17.4. The number of phenols is 1. The summed E-state index contributed by atoms with van der Waals surface area (Å²) in [5, 5.41) is 20.2. The number of hydrogen-bond acceptors (Lipinski definition) is 3. The van der Waals surface area contributed by atoms with Crippen molar-refractivity contribution in [3.05, 3.63) is 29.3 Å². The number of benzene rings is 1. The molecule has 0 spiro atoms. The first-order chi connectivity index (χ1) is 9.45. The van der Waals surface area contributed by atoms with Crippen LogP contribution < -0.4 is 0 Å². The Morgan fingerprint density at radius 1 is 1.15 bits per heavy atom. The van der Waals surface area contributed by atoms with Gasteiger partial charge in [-0.05, 0) is 36.8 Å². The van der Waals surface area contributed by atoms with Gasteiger partial charge in [-0.15, -0.1) is 0 Å². The number of aliphatic hydroxyl groups excluding tert-OH is 1. The Morgan fingerprint density at radius 3 is 2.35 bits per heavy atom. The van der Waals surface area contributed by atoms with Crippen LogP contribution in [-0.2, 0) is 12.8 Å². The average molecular weight is 296 g/mol. The van der Waals surface area contributed by atoms with Crippen LogP contribution in [0.4, 0.5) is 0 Å². The molecule has 0 fully saturated rings. The fraction of sp³-hybridized carbons (Fsp3) is 0.647. The van der Waals surface area contributed by atoms with Gasteiger partial charge >= 0.3 is 0 Å². The second-order valence-electron chi connectivity index (χ2n) is 5.84. The van der Waals surface area contributed by atoms with Gasteiger partial charge in [0.25, 0.3) is 0 Å². The van der Waals surface area contributed by atoms with E-state index < -0.39 is 0 Å². The topological polar surface area (TPSA) is 40.5 Å². The van der Waals surface area contributed by atoms with Crippen molar-refractivity contribution in [3.8, 4) is 5.75 Å². The molecule has 2 unspecified atom stereocenters. The second-order valence-corrected chi connectivity index (χ2v) is 7.12. The highest BCUT2D eigenvalue weighted by atomic mass is 32.2. The third-order valence-corrected chi connectivity index (χ3v) is 5.25. The van der Waals surface area contributed by atoms with E-state index in [2.05, 4.69) is 20.8 Å². The quantitative estimate of drug-likeness (QED) is 0.761. The first-order valence-corrected chi connectivity index (χ1v) is 8.60. The van der Waals surface area contributed by atoms with E-state index in [1.807, 2.05) is 25.1 Å². The predicted molar refractivity (Wildman–Crippen MR) is 88.6 cm³/mol. The average Bonchev–Trinajstić information content (AvgIpc) is 2.38. The van der Waals surface area contributed by atoms with Gasteiger partial charge in [-0.3, -0.25) is 0 Å². The maximum atomic E-state index is 10.4. The normalized spacial score (nSPS) is 14.5.